The Kier molecular flexibility index (Phi) is 3.07. The summed E-state index contributed by atoms with van der Waals surface area (Å²) in [6, 6.07) is 0. The van der Waals surface area contributed by atoms with Crippen molar-refractivity contribution in [2.45, 2.75) is 52.0 Å². The minimum atomic E-state index is -0.220. The zero-order chi connectivity index (χ0) is 11.9. The minimum Gasteiger partial charge on any atom is -0.352 e. The molecule has 0 spiro atoms. The van der Waals surface area contributed by atoms with Crippen molar-refractivity contribution in [2.75, 3.05) is 19.8 Å². The Morgan fingerprint density at radius 2 is 2.06 bits per heavy atom. The van der Waals surface area contributed by atoms with Gasteiger partial charge >= 0.3 is 0 Å². The van der Waals surface area contributed by atoms with Crippen LogP contribution in [0.25, 0.3) is 0 Å². The summed E-state index contributed by atoms with van der Waals surface area (Å²) in [6.45, 7) is 10.9. The number of fused-ring (bicyclic) bond motifs is 1. The molecule has 0 N–H and O–H groups in total. The van der Waals surface area contributed by atoms with Crippen molar-refractivity contribution in [2.24, 2.45) is 0 Å². The van der Waals surface area contributed by atoms with Gasteiger partial charge < -0.3 is 4.74 Å². The standard InChI is InChI=1S/C12H22N2O2/c1-9-10(15)7-13-8-14(12(2,3)4)6-5-11(13)16-9/h9,11H,5-8H2,1-4H3. The topological polar surface area (TPSA) is 32.8 Å². The highest BCUT2D eigenvalue weighted by molar-refractivity contribution is 5.85. The molecule has 2 saturated heterocycles. The number of carbonyl (C=O) groups is 1. The molecule has 0 aliphatic carbocycles. The summed E-state index contributed by atoms with van der Waals surface area (Å²) in [5, 5.41) is 0. The van der Waals surface area contributed by atoms with Crippen molar-refractivity contribution in [3.63, 3.8) is 0 Å². The zero-order valence-electron chi connectivity index (χ0n) is 10.7. The number of carbonyl (C=O) groups excluding carboxylic acids is 1. The quantitative estimate of drug-likeness (QED) is 0.618. The van der Waals surface area contributed by atoms with E-state index in [1.54, 1.807) is 0 Å². The van der Waals surface area contributed by atoms with E-state index in [2.05, 4.69) is 30.6 Å². The first kappa shape index (κ1) is 12.0. The molecule has 0 aromatic carbocycles. The van der Waals surface area contributed by atoms with E-state index >= 15 is 0 Å². The van der Waals surface area contributed by atoms with E-state index in [1.807, 2.05) is 6.92 Å². The van der Waals surface area contributed by atoms with Crippen LogP contribution in [-0.2, 0) is 9.53 Å². The van der Waals surface area contributed by atoms with Crippen molar-refractivity contribution >= 4 is 5.78 Å². The van der Waals surface area contributed by atoms with Crippen LogP contribution in [0.5, 0.6) is 0 Å². The lowest BCUT2D eigenvalue weighted by Crippen LogP contribution is -2.61. The third-order valence-electron chi connectivity index (χ3n) is 3.53. The Hall–Kier alpha value is -0.450. The molecule has 0 radical (unpaired) electrons. The number of ether oxygens (including phenoxy) is 1. The molecule has 0 amide bonds. The van der Waals surface area contributed by atoms with E-state index in [4.69, 9.17) is 4.74 Å². The van der Waals surface area contributed by atoms with Gasteiger partial charge in [-0.15, -0.1) is 0 Å². The predicted octanol–water partition coefficient (Wildman–Crippen LogP) is 1.06. The molecule has 2 aliphatic heterocycles. The third-order valence-corrected chi connectivity index (χ3v) is 3.53. The number of hydrogen-bond donors (Lipinski definition) is 0. The highest BCUT2D eigenvalue weighted by Gasteiger charge is 2.38. The van der Waals surface area contributed by atoms with Crippen molar-refractivity contribution in [3.8, 4) is 0 Å². The van der Waals surface area contributed by atoms with Gasteiger partial charge in [-0.05, 0) is 27.7 Å². The zero-order valence-corrected chi connectivity index (χ0v) is 10.7. The van der Waals surface area contributed by atoms with Crippen LogP contribution in [-0.4, -0.2) is 53.2 Å². The van der Waals surface area contributed by atoms with Crippen molar-refractivity contribution in [3.05, 3.63) is 0 Å². The van der Waals surface area contributed by atoms with E-state index in [0.29, 0.717) is 6.54 Å². The highest BCUT2D eigenvalue weighted by atomic mass is 16.5. The summed E-state index contributed by atoms with van der Waals surface area (Å²) in [7, 11) is 0. The van der Waals surface area contributed by atoms with Gasteiger partial charge in [-0.3, -0.25) is 14.6 Å². The van der Waals surface area contributed by atoms with Gasteiger partial charge in [0, 0.05) is 18.5 Å². The Morgan fingerprint density at radius 1 is 1.38 bits per heavy atom. The maximum Gasteiger partial charge on any atom is 0.175 e. The molecule has 0 aromatic heterocycles. The maximum absolute atomic E-state index is 11.6. The van der Waals surface area contributed by atoms with Crippen LogP contribution in [0.15, 0.2) is 0 Å². The third kappa shape index (κ3) is 2.29. The molecule has 0 bridgehead atoms. The molecular weight excluding hydrogens is 204 g/mol. The molecule has 0 saturated carbocycles. The van der Waals surface area contributed by atoms with Gasteiger partial charge in [0.15, 0.2) is 5.78 Å². The molecule has 4 heteroatoms. The van der Waals surface area contributed by atoms with Gasteiger partial charge in [-0.1, -0.05) is 0 Å². The molecule has 2 atom stereocenters. The Balaban J connectivity index is 2.02. The first-order valence-corrected chi connectivity index (χ1v) is 6.05. The average Bonchev–Trinajstić information content (AvgIpc) is 2.17. The fourth-order valence-electron chi connectivity index (χ4n) is 2.32. The van der Waals surface area contributed by atoms with Gasteiger partial charge in [0.25, 0.3) is 0 Å². The summed E-state index contributed by atoms with van der Waals surface area (Å²) in [5.41, 5.74) is 0.164. The van der Waals surface area contributed by atoms with Gasteiger partial charge in [-0.2, -0.15) is 0 Å². The molecular formula is C12H22N2O2. The van der Waals surface area contributed by atoms with Crippen LogP contribution in [0, 0.1) is 0 Å². The molecule has 0 aromatic rings. The van der Waals surface area contributed by atoms with Crippen LogP contribution in [0.2, 0.25) is 0 Å². The minimum absolute atomic E-state index is 0.145. The van der Waals surface area contributed by atoms with Crippen LogP contribution in [0.3, 0.4) is 0 Å². The number of nitrogens with zero attached hydrogens (tertiary/aromatic N) is 2. The monoisotopic (exact) mass is 226 g/mol. The molecule has 92 valence electrons. The van der Waals surface area contributed by atoms with Crippen LogP contribution in [0.1, 0.15) is 34.1 Å². The number of ketones is 1. The molecule has 4 nitrogen and oxygen atoms in total. The fourth-order valence-corrected chi connectivity index (χ4v) is 2.32. The van der Waals surface area contributed by atoms with Crippen molar-refractivity contribution in [1.29, 1.82) is 0 Å². The maximum atomic E-state index is 11.6. The highest BCUT2D eigenvalue weighted by Crippen LogP contribution is 2.25. The predicted molar refractivity (Wildman–Crippen MR) is 62.0 cm³/mol. The summed E-state index contributed by atoms with van der Waals surface area (Å²) in [5.74, 6) is 0.201. The van der Waals surface area contributed by atoms with E-state index in [-0.39, 0.29) is 23.7 Å². The summed E-state index contributed by atoms with van der Waals surface area (Å²) in [6.07, 6.45) is 0.920. The SMILES string of the molecule is CC1OC2CCN(C(C)(C)C)CN2CC1=O. The normalized spacial score (nSPS) is 33.9. The molecule has 2 fully saturated rings. The summed E-state index contributed by atoms with van der Waals surface area (Å²) in [4.78, 5) is 16.2. The van der Waals surface area contributed by atoms with Crippen LogP contribution < -0.4 is 0 Å². The Labute approximate surface area is 97.5 Å². The summed E-state index contributed by atoms with van der Waals surface area (Å²) < 4.78 is 5.71. The number of Topliss-reactive ketones (excluding diaryl/α,β-unsaturated/α-hetero) is 1. The molecule has 2 heterocycles. The fraction of sp³-hybridized carbons (Fsp3) is 0.917. The van der Waals surface area contributed by atoms with Gasteiger partial charge in [0.2, 0.25) is 0 Å². The van der Waals surface area contributed by atoms with Crippen LogP contribution in [0.4, 0.5) is 0 Å². The lowest BCUT2D eigenvalue weighted by atomic mass is 10.0. The van der Waals surface area contributed by atoms with Crippen molar-refractivity contribution in [1.82, 2.24) is 9.80 Å². The van der Waals surface area contributed by atoms with E-state index < -0.39 is 0 Å². The first-order valence-electron chi connectivity index (χ1n) is 6.05. The van der Waals surface area contributed by atoms with E-state index in [0.717, 1.165) is 19.6 Å². The summed E-state index contributed by atoms with van der Waals surface area (Å²) >= 11 is 0. The smallest absolute Gasteiger partial charge is 0.175 e. The average molecular weight is 226 g/mol. The van der Waals surface area contributed by atoms with E-state index in [9.17, 15) is 4.79 Å². The molecule has 16 heavy (non-hydrogen) atoms. The second-order valence-electron chi connectivity index (χ2n) is 5.81. The largest absolute Gasteiger partial charge is 0.352 e. The lowest BCUT2D eigenvalue weighted by molar-refractivity contribution is -0.187. The number of hydrogen-bond acceptors (Lipinski definition) is 4. The lowest BCUT2D eigenvalue weighted by Gasteiger charge is -2.48. The van der Waals surface area contributed by atoms with Gasteiger partial charge in [-0.25, -0.2) is 0 Å². The molecule has 2 unspecified atom stereocenters. The Morgan fingerprint density at radius 3 is 2.69 bits per heavy atom. The molecule has 2 aliphatic rings. The first-order chi connectivity index (χ1) is 7.38. The van der Waals surface area contributed by atoms with Crippen LogP contribution >= 0.6 is 0 Å². The second-order valence-corrected chi connectivity index (χ2v) is 5.81. The number of rotatable bonds is 0. The molecule has 2 rings (SSSR count). The second kappa shape index (κ2) is 4.09. The van der Waals surface area contributed by atoms with Gasteiger partial charge in [0.05, 0.1) is 13.2 Å². The van der Waals surface area contributed by atoms with E-state index in [1.165, 1.54) is 0 Å². The Bertz CT molecular complexity index is 285. The van der Waals surface area contributed by atoms with Crippen molar-refractivity contribution < 1.29 is 9.53 Å². The van der Waals surface area contributed by atoms with Gasteiger partial charge in [0.1, 0.15) is 12.3 Å².